The van der Waals surface area contributed by atoms with Crippen LogP contribution in [-0.4, -0.2) is 38.5 Å². The van der Waals surface area contributed by atoms with Gasteiger partial charge in [0.2, 0.25) is 0 Å². The highest BCUT2D eigenvalue weighted by molar-refractivity contribution is 4.99. The Labute approximate surface area is 79.8 Å². The molecule has 2 rings (SSSR count). The van der Waals surface area contributed by atoms with Gasteiger partial charge in [-0.1, -0.05) is 0 Å². The number of hydrogen-bond acceptors (Lipinski definition) is 3. The fourth-order valence-electron chi connectivity index (χ4n) is 2.35. The van der Waals surface area contributed by atoms with Gasteiger partial charge in [-0.05, 0) is 32.2 Å². The summed E-state index contributed by atoms with van der Waals surface area (Å²) in [6, 6.07) is 0.535. The maximum absolute atomic E-state index is 5.92. The highest BCUT2D eigenvalue weighted by atomic mass is 16.5. The molecule has 2 heterocycles. The molecule has 2 atom stereocenters. The quantitative estimate of drug-likeness (QED) is 0.709. The topological polar surface area (TPSA) is 30.5 Å². The fraction of sp³-hybridized carbons (Fsp3) is 1.00. The molecule has 2 unspecified atom stereocenters. The van der Waals surface area contributed by atoms with E-state index in [1.807, 2.05) is 0 Å². The summed E-state index contributed by atoms with van der Waals surface area (Å²) in [4.78, 5) is 0. The second kappa shape index (κ2) is 3.95. The van der Waals surface area contributed by atoms with Crippen molar-refractivity contribution in [2.24, 2.45) is 0 Å². The second-order valence-corrected chi connectivity index (χ2v) is 4.10. The predicted molar refractivity (Wildman–Crippen MR) is 50.8 cm³/mol. The van der Waals surface area contributed by atoms with E-state index in [4.69, 9.17) is 9.47 Å². The Bertz CT molecular complexity index is 157. The lowest BCUT2D eigenvalue weighted by Gasteiger charge is -2.47. The van der Waals surface area contributed by atoms with Crippen LogP contribution in [0.1, 0.15) is 25.7 Å². The first-order valence-corrected chi connectivity index (χ1v) is 5.24. The number of ether oxygens (including phenoxy) is 2. The van der Waals surface area contributed by atoms with Gasteiger partial charge >= 0.3 is 0 Å². The zero-order chi connectivity index (χ0) is 9.15. The molecule has 3 nitrogen and oxygen atoms in total. The summed E-state index contributed by atoms with van der Waals surface area (Å²) in [7, 11) is 1.76. The molecule has 0 saturated carbocycles. The van der Waals surface area contributed by atoms with Gasteiger partial charge in [0.05, 0.1) is 6.61 Å². The van der Waals surface area contributed by atoms with Crippen molar-refractivity contribution in [1.29, 1.82) is 0 Å². The largest absolute Gasteiger partial charge is 0.382 e. The molecule has 0 aliphatic carbocycles. The summed E-state index contributed by atoms with van der Waals surface area (Å²) in [6.07, 6.45) is 4.88. The number of nitrogens with one attached hydrogen (secondary N) is 1. The van der Waals surface area contributed by atoms with Crippen LogP contribution >= 0.6 is 0 Å². The molecule has 3 heteroatoms. The van der Waals surface area contributed by atoms with Gasteiger partial charge in [0.15, 0.2) is 0 Å². The van der Waals surface area contributed by atoms with Crippen LogP contribution in [0.15, 0.2) is 0 Å². The smallest absolute Gasteiger partial charge is 0.107 e. The Kier molecular flexibility index (Phi) is 2.86. The lowest BCUT2D eigenvalue weighted by atomic mass is 9.82. The Morgan fingerprint density at radius 1 is 1.54 bits per heavy atom. The molecule has 0 amide bonds. The molecule has 2 saturated heterocycles. The number of methoxy groups -OCH3 is 1. The predicted octanol–water partition coefficient (Wildman–Crippen LogP) is 0.934. The van der Waals surface area contributed by atoms with Crippen molar-refractivity contribution in [2.45, 2.75) is 37.3 Å². The average molecular weight is 185 g/mol. The van der Waals surface area contributed by atoms with E-state index in [2.05, 4.69) is 5.32 Å². The minimum Gasteiger partial charge on any atom is -0.382 e. The van der Waals surface area contributed by atoms with Crippen LogP contribution in [0.4, 0.5) is 0 Å². The summed E-state index contributed by atoms with van der Waals surface area (Å²) < 4.78 is 11.2. The molecular formula is C10H19NO2. The maximum Gasteiger partial charge on any atom is 0.107 e. The van der Waals surface area contributed by atoms with E-state index >= 15 is 0 Å². The van der Waals surface area contributed by atoms with Crippen molar-refractivity contribution in [3.05, 3.63) is 0 Å². The highest BCUT2D eigenvalue weighted by Gasteiger charge is 2.43. The first-order valence-electron chi connectivity index (χ1n) is 5.24. The Morgan fingerprint density at radius 2 is 2.38 bits per heavy atom. The van der Waals surface area contributed by atoms with E-state index in [1.165, 1.54) is 19.3 Å². The third-order valence-electron chi connectivity index (χ3n) is 3.23. The minimum absolute atomic E-state index is 0.00868. The summed E-state index contributed by atoms with van der Waals surface area (Å²) in [5.41, 5.74) is -0.00868. The van der Waals surface area contributed by atoms with Gasteiger partial charge in [0, 0.05) is 19.8 Å². The second-order valence-electron chi connectivity index (χ2n) is 4.10. The summed E-state index contributed by atoms with van der Waals surface area (Å²) in [5, 5.41) is 3.44. The van der Waals surface area contributed by atoms with Crippen LogP contribution in [0.25, 0.3) is 0 Å². The van der Waals surface area contributed by atoms with E-state index in [-0.39, 0.29) is 5.60 Å². The molecule has 2 aliphatic heterocycles. The normalized spacial score (nSPS) is 39.9. The third kappa shape index (κ3) is 1.73. The van der Waals surface area contributed by atoms with Crippen molar-refractivity contribution < 1.29 is 9.47 Å². The summed E-state index contributed by atoms with van der Waals surface area (Å²) in [6.45, 7) is 2.78. The van der Waals surface area contributed by atoms with Gasteiger partial charge in [0.25, 0.3) is 0 Å². The van der Waals surface area contributed by atoms with Crippen molar-refractivity contribution in [2.75, 3.05) is 26.9 Å². The van der Waals surface area contributed by atoms with Gasteiger partial charge in [-0.2, -0.15) is 0 Å². The summed E-state index contributed by atoms with van der Waals surface area (Å²) in [5.74, 6) is 0. The zero-order valence-electron chi connectivity index (χ0n) is 8.34. The van der Waals surface area contributed by atoms with Crippen LogP contribution in [0.3, 0.4) is 0 Å². The van der Waals surface area contributed by atoms with E-state index in [0.29, 0.717) is 6.04 Å². The first-order chi connectivity index (χ1) is 6.37. The highest BCUT2D eigenvalue weighted by Crippen LogP contribution is 2.32. The van der Waals surface area contributed by atoms with Gasteiger partial charge in [0.1, 0.15) is 5.60 Å². The van der Waals surface area contributed by atoms with E-state index in [9.17, 15) is 0 Å². The summed E-state index contributed by atoms with van der Waals surface area (Å²) >= 11 is 0. The zero-order valence-corrected chi connectivity index (χ0v) is 8.34. The van der Waals surface area contributed by atoms with Gasteiger partial charge in [-0.25, -0.2) is 0 Å². The van der Waals surface area contributed by atoms with Crippen LogP contribution in [0.2, 0.25) is 0 Å². The molecule has 13 heavy (non-hydrogen) atoms. The maximum atomic E-state index is 5.92. The Hall–Kier alpha value is -0.120. The van der Waals surface area contributed by atoms with Crippen LogP contribution in [0.5, 0.6) is 0 Å². The average Bonchev–Trinajstić information content (AvgIpc) is 2.02. The van der Waals surface area contributed by atoms with Crippen molar-refractivity contribution >= 4 is 0 Å². The van der Waals surface area contributed by atoms with Gasteiger partial charge in [-0.15, -0.1) is 0 Å². The van der Waals surface area contributed by atoms with Crippen molar-refractivity contribution in [1.82, 2.24) is 5.32 Å². The van der Waals surface area contributed by atoms with Crippen LogP contribution < -0.4 is 5.32 Å². The molecule has 2 aliphatic rings. The van der Waals surface area contributed by atoms with Gasteiger partial charge in [-0.3, -0.25) is 0 Å². The van der Waals surface area contributed by atoms with Crippen molar-refractivity contribution in [3.63, 3.8) is 0 Å². The molecule has 0 spiro atoms. The van der Waals surface area contributed by atoms with E-state index < -0.39 is 0 Å². The monoisotopic (exact) mass is 185 g/mol. The van der Waals surface area contributed by atoms with Crippen LogP contribution in [0, 0.1) is 0 Å². The fourth-order valence-corrected chi connectivity index (χ4v) is 2.35. The molecule has 0 aromatic rings. The first kappa shape index (κ1) is 9.44. The van der Waals surface area contributed by atoms with E-state index in [0.717, 1.165) is 26.2 Å². The molecule has 0 bridgehead atoms. The lowest BCUT2D eigenvalue weighted by molar-refractivity contribution is -0.146. The standard InChI is InChI=1S/C10H19NO2/c1-12-8-10(9-4-6-11-9)5-2-3-7-13-10/h9,11H,2-8H2,1H3. The number of rotatable bonds is 3. The third-order valence-corrected chi connectivity index (χ3v) is 3.23. The van der Waals surface area contributed by atoms with E-state index in [1.54, 1.807) is 7.11 Å². The number of hydrogen-bond donors (Lipinski definition) is 1. The van der Waals surface area contributed by atoms with Crippen LogP contribution in [-0.2, 0) is 9.47 Å². The molecular weight excluding hydrogens is 166 g/mol. The molecule has 0 radical (unpaired) electrons. The molecule has 76 valence electrons. The lowest BCUT2D eigenvalue weighted by Crippen LogP contribution is -2.63. The van der Waals surface area contributed by atoms with Crippen molar-refractivity contribution in [3.8, 4) is 0 Å². The molecule has 1 N–H and O–H groups in total. The molecule has 0 aromatic heterocycles. The molecule has 0 aromatic carbocycles. The minimum atomic E-state index is -0.00868. The van der Waals surface area contributed by atoms with Gasteiger partial charge < -0.3 is 14.8 Å². The Morgan fingerprint density at radius 3 is 2.85 bits per heavy atom. The SMILES string of the molecule is COCC1(C2CCN2)CCCCO1. The Balaban J connectivity index is 1.99. The molecule has 2 fully saturated rings.